The molecule has 1 aliphatic rings. The first-order chi connectivity index (χ1) is 8.74. The number of benzene rings is 1. The number of rotatable bonds is 6. The van der Waals surface area contributed by atoms with Crippen molar-refractivity contribution in [1.82, 2.24) is 0 Å². The molecule has 3 unspecified atom stereocenters. The van der Waals surface area contributed by atoms with Crippen molar-refractivity contribution in [3.05, 3.63) is 29.8 Å². The molecule has 3 nitrogen and oxygen atoms in total. The zero-order valence-corrected chi connectivity index (χ0v) is 11.3. The van der Waals surface area contributed by atoms with E-state index in [1.54, 1.807) is 0 Å². The van der Waals surface area contributed by atoms with E-state index in [-0.39, 0.29) is 18.2 Å². The Kier molecular flexibility index (Phi) is 4.61. The molecule has 1 saturated carbocycles. The molecule has 1 aliphatic carbocycles. The van der Waals surface area contributed by atoms with Crippen LogP contribution in [-0.4, -0.2) is 24.9 Å². The van der Waals surface area contributed by atoms with E-state index in [2.05, 4.69) is 19.1 Å². The van der Waals surface area contributed by atoms with Gasteiger partial charge in [-0.15, -0.1) is 0 Å². The third-order valence-electron chi connectivity index (χ3n) is 3.40. The molecule has 3 atom stereocenters. The van der Waals surface area contributed by atoms with Gasteiger partial charge in [0.1, 0.15) is 18.0 Å². The minimum absolute atomic E-state index is 0.0466. The standard InChI is InChI=1S/C15H23NO2/c1-3-5-11-6-8-12(9-7-11)18-14-10-13(16)15(14)17-4-2/h6-9,13-15H,3-5,10,16H2,1-2H3. The SMILES string of the molecule is CCCc1ccc(OC2CC(N)C2OCC)cc1. The van der Waals surface area contributed by atoms with Gasteiger partial charge in [-0.05, 0) is 31.0 Å². The number of aryl methyl sites for hydroxylation is 1. The summed E-state index contributed by atoms with van der Waals surface area (Å²) in [4.78, 5) is 0. The molecule has 100 valence electrons. The van der Waals surface area contributed by atoms with Gasteiger partial charge in [-0.1, -0.05) is 25.5 Å². The number of hydrogen-bond donors (Lipinski definition) is 1. The van der Waals surface area contributed by atoms with E-state index in [0.717, 1.165) is 18.6 Å². The molecule has 18 heavy (non-hydrogen) atoms. The fraction of sp³-hybridized carbons (Fsp3) is 0.600. The fourth-order valence-electron chi connectivity index (χ4n) is 2.35. The molecular formula is C15H23NO2. The summed E-state index contributed by atoms with van der Waals surface area (Å²) in [6.45, 7) is 4.86. The van der Waals surface area contributed by atoms with E-state index in [1.165, 1.54) is 12.0 Å². The first-order valence-corrected chi connectivity index (χ1v) is 6.87. The lowest BCUT2D eigenvalue weighted by Gasteiger charge is -2.41. The molecule has 0 spiro atoms. The van der Waals surface area contributed by atoms with Crippen molar-refractivity contribution < 1.29 is 9.47 Å². The van der Waals surface area contributed by atoms with Gasteiger partial charge in [-0.2, -0.15) is 0 Å². The van der Waals surface area contributed by atoms with Crippen LogP contribution in [0.4, 0.5) is 0 Å². The van der Waals surface area contributed by atoms with E-state index in [0.29, 0.717) is 6.61 Å². The zero-order valence-electron chi connectivity index (χ0n) is 11.3. The average Bonchev–Trinajstić information content (AvgIpc) is 2.38. The van der Waals surface area contributed by atoms with Gasteiger partial charge in [0.25, 0.3) is 0 Å². The number of ether oxygens (including phenoxy) is 2. The van der Waals surface area contributed by atoms with Crippen LogP contribution in [0.5, 0.6) is 5.75 Å². The van der Waals surface area contributed by atoms with Gasteiger partial charge in [0.2, 0.25) is 0 Å². The zero-order chi connectivity index (χ0) is 13.0. The van der Waals surface area contributed by atoms with Crippen LogP contribution in [0.3, 0.4) is 0 Å². The van der Waals surface area contributed by atoms with Gasteiger partial charge in [0.05, 0.1) is 0 Å². The third kappa shape index (κ3) is 3.03. The van der Waals surface area contributed by atoms with E-state index in [4.69, 9.17) is 15.2 Å². The third-order valence-corrected chi connectivity index (χ3v) is 3.40. The van der Waals surface area contributed by atoms with Crippen molar-refractivity contribution >= 4 is 0 Å². The summed E-state index contributed by atoms with van der Waals surface area (Å²) in [5, 5.41) is 0. The Morgan fingerprint density at radius 2 is 1.94 bits per heavy atom. The molecule has 0 radical (unpaired) electrons. The topological polar surface area (TPSA) is 44.5 Å². The van der Waals surface area contributed by atoms with Gasteiger partial charge in [-0.25, -0.2) is 0 Å². The monoisotopic (exact) mass is 249 g/mol. The molecule has 0 saturated heterocycles. The Labute approximate surface area is 109 Å². The van der Waals surface area contributed by atoms with E-state index < -0.39 is 0 Å². The van der Waals surface area contributed by atoms with Gasteiger partial charge in [0.15, 0.2) is 0 Å². The molecule has 0 heterocycles. The van der Waals surface area contributed by atoms with Crippen molar-refractivity contribution in [2.75, 3.05) is 6.61 Å². The van der Waals surface area contributed by atoms with Crippen LogP contribution in [0.25, 0.3) is 0 Å². The predicted molar refractivity (Wildman–Crippen MR) is 72.9 cm³/mol. The molecule has 1 fully saturated rings. The quantitative estimate of drug-likeness (QED) is 0.842. The molecular weight excluding hydrogens is 226 g/mol. The van der Waals surface area contributed by atoms with Crippen LogP contribution in [0.15, 0.2) is 24.3 Å². The molecule has 0 aromatic heterocycles. The Hall–Kier alpha value is -1.06. The largest absolute Gasteiger partial charge is 0.488 e. The molecule has 0 amide bonds. The first kappa shape index (κ1) is 13.4. The Morgan fingerprint density at radius 3 is 2.50 bits per heavy atom. The first-order valence-electron chi connectivity index (χ1n) is 6.87. The van der Waals surface area contributed by atoms with Crippen LogP contribution in [-0.2, 0) is 11.2 Å². The molecule has 2 rings (SSSR count). The predicted octanol–water partition coefficient (Wildman–Crippen LogP) is 2.52. The molecule has 1 aromatic rings. The van der Waals surface area contributed by atoms with Crippen LogP contribution < -0.4 is 10.5 Å². The highest BCUT2D eigenvalue weighted by atomic mass is 16.5. The van der Waals surface area contributed by atoms with Crippen molar-refractivity contribution in [3.8, 4) is 5.75 Å². The van der Waals surface area contributed by atoms with E-state index >= 15 is 0 Å². The maximum absolute atomic E-state index is 5.91. The molecule has 1 aromatic carbocycles. The summed E-state index contributed by atoms with van der Waals surface area (Å²) in [5.41, 5.74) is 7.27. The fourth-order valence-corrected chi connectivity index (χ4v) is 2.35. The highest BCUT2D eigenvalue weighted by molar-refractivity contribution is 5.28. The molecule has 0 bridgehead atoms. The Morgan fingerprint density at radius 1 is 1.22 bits per heavy atom. The molecule has 3 heteroatoms. The van der Waals surface area contributed by atoms with Crippen molar-refractivity contribution in [2.45, 2.75) is 51.4 Å². The lowest BCUT2D eigenvalue weighted by atomic mass is 9.86. The van der Waals surface area contributed by atoms with E-state index in [9.17, 15) is 0 Å². The average molecular weight is 249 g/mol. The lowest BCUT2D eigenvalue weighted by molar-refractivity contribution is -0.0945. The molecule has 2 N–H and O–H groups in total. The Bertz CT molecular complexity index is 363. The number of hydrogen-bond acceptors (Lipinski definition) is 3. The smallest absolute Gasteiger partial charge is 0.128 e. The normalized spacial score (nSPS) is 26.7. The maximum atomic E-state index is 5.91. The summed E-state index contributed by atoms with van der Waals surface area (Å²) < 4.78 is 11.5. The van der Waals surface area contributed by atoms with Crippen molar-refractivity contribution in [2.24, 2.45) is 5.73 Å². The summed E-state index contributed by atoms with van der Waals surface area (Å²) in [6, 6.07) is 8.46. The summed E-state index contributed by atoms with van der Waals surface area (Å²) in [6.07, 6.45) is 3.32. The van der Waals surface area contributed by atoms with Gasteiger partial charge in [0, 0.05) is 19.1 Å². The second kappa shape index (κ2) is 6.21. The molecule has 0 aliphatic heterocycles. The second-order valence-electron chi connectivity index (χ2n) is 4.87. The summed E-state index contributed by atoms with van der Waals surface area (Å²) in [5.74, 6) is 0.913. The van der Waals surface area contributed by atoms with Gasteiger partial charge >= 0.3 is 0 Å². The van der Waals surface area contributed by atoms with Crippen LogP contribution in [0.2, 0.25) is 0 Å². The van der Waals surface area contributed by atoms with Crippen molar-refractivity contribution in [1.29, 1.82) is 0 Å². The summed E-state index contributed by atoms with van der Waals surface area (Å²) >= 11 is 0. The lowest BCUT2D eigenvalue weighted by Crippen LogP contribution is -2.59. The number of nitrogens with two attached hydrogens (primary N) is 1. The highest BCUT2D eigenvalue weighted by Gasteiger charge is 2.41. The maximum Gasteiger partial charge on any atom is 0.128 e. The van der Waals surface area contributed by atoms with Crippen molar-refractivity contribution in [3.63, 3.8) is 0 Å². The Balaban J connectivity index is 1.89. The summed E-state index contributed by atoms with van der Waals surface area (Å²) in [7, 11) is 0. The minimum Gasteiger partial charge on any atom is -0.488 e. The van der Waals surface area contributed by atoms with Crippen LogP contribution >= 0.6 is 0 Å². The second-order valence-corrected chi connectivity index (χ2v) is 4.87. The van der Waals surface area contributed by atoms with Crippen LogP contribution in [0.1, 0.15) is 32.3 Å². The minimum atomic E-state index is 0.0466. The highest BCUT2D eigenvalue weighted by Crippen LogP contribution is 2.28. The van der Waals surface area contributed by atoms with Gasteiger partial charge < -0.3 is 15.2 Å². The van der Waals surface area contributed by atoms with Gasteiger partial charge in [-0.3, -0.25) is 0 Å². The van der Waals surface area contributed by atoms with Crippen LogP contribution in [0, 0.1) is 0 Å². The van der Waals surface area contributed by atoms with E-state index in [1.807, 2.05) is 19.1 Å².